The Kier molecular flexibility index (Phi) is 9.37. The molecule has 39 heavy (non-hydrogen) atoms. The Balaban J connectivity index is 1.41. The van der Waals surface area contributed by atoms with E-state index in [-0.39, 0.29) is 48.1 Å². The van der Waals surface area contributed by atoms with Gasteiger partial charge in [-0.15, -0.1) is 0 Å². The minimum Gasteiger partial charge on any atom is -0.350 e. The van der Waals surface area contributed by atoms with Gasteiger partial charge in [0.15, 0.2) is 0 Å². The summed E-state index contributed by atoms with van der Waals surface area (Å²) in [5, 5.41) is 3.46. The van der Waals surface area contributed by atoms with E-state index >= 15 is 0 Å². The predicted molar refractivity (Wildman–Crippen MR) is 148 cm³/mol. The lowest BCUT2D eigenvalue weighted by Crippen LogP contribution is -2.47. The number of aryl methyl sites for hydroxylation is 1. The first-order valence-electron chi connectivity index (χ1n) is 12.8. The van der Waals surface area contributed by atoms with E-state index < -0.39 is 16.1 Å². The Bertz CT molecular complexity index is 1390. The van der Waals surface area contributed by atoms with E-state index in [4.69, 9.17) is 11.6 Å². The van der Waals surface area contributed by atoms with Crippen molar-refractivity contribution in [3.8, 4) is 0 Å². The molecule has 0 saturated heterocycles. The van der Waals surface area contributed by atoms with E-state index in [2.05, 4.69) is 10.0 Å². The van der Waals surface area contributed by atoms with Gasteiger partial charge < -0.3 is 10.2 Å². The molecule has 2 N–H and O–H groups in total. The Morgan fingerprint density at radius 3 is 2.15 bits per heavy atom. The third kappa shape index (κ3) is 8.36. The Labute approximate surface area is 233 Å². The smallest absolute Gasteiger partial charge is 0.242 e. The molecule has 0 bridgehead atoms. The highest BCUT2D eigenvalue weighted by Crippen LogP contribution is 2.22. The molecule has 0 spiro atoms. The van der Waals surface area contributed by atoms with Crippen LogP contribution in [0.2, 0.25) is 5.02 Å². The molecule has 0 aromatic heterocycles. The zero-order chi connectivity index (χ0) is 28.0. The Hall–Kier alpha value is -3.27. The van der Waals surface area contributed by atoms with Crippen molar-refractivity contribution in [1.82, 2.24) is 14.9 Å². The fourth-order valence-corrected chi connectivity index (χ4v) is 5.46. The summed E-state index contributed by atoms with van der Waals surface area (Å²) in [4.78, 5) is 28.0. The summed E-state index contributed by atoms with van der Waals surface area (Å²) in [6, 6.07) is 18.6. The van der Waals surface area contributed by atoms with Crippen molar-refractivity contribution in [2.24, 2.45) is 0 Å². The van der Waals surface area contributed by atoms with E-state index in [1.54, 1.807) is 43.3 Å². The van der Waals surface area contributed by atoms with Crippen molar-refractivity contribution in [2.75, 3.05) is 0 Å². The van der Waals surface area contributed by atoms with Gasteiger partial charge in [0.25, 0.3) is 0 Å². The quantitative estimate of drug-likeness (QED) is 0.332. The summed E-state index contributed by atoms with van der Waals surface area (Å²) >= 11 is 5.93. The molecule has 0 heterocycles. The molecule has 1 saturated carbocycles. The average Bonchev–Trinajstić information content (AvgIpc) is 3.74. The molecule has 1 aliphatic carbocycles. The van der Waals surface area contributed by atoms with Crippen LogP contribution in [-0.2, 0) is 39.1 Å². The minimum absolute atomic E-state index is 0.0183. The zero-order valence-electron chi connectivity index (χ0n) is 21.6. The number of carbonyl (C=O) groups is 2. The van der Waals surface area contributed by atoms with E-state index in [1.165, 1.54) is 29.2 Å². The second-order valence-electron chi connectivity index (χ2n) is 9.71. The maximum absolute atomic E-state index is 13.4. The highest BCUT2D eigenvalue weighted by molar-refractivity contribution is 7.89. The first kappa shape index (κ1) is 28.7. The van der Waals surface area contributed by atoms with Crippen LogP contribution in [0, 0.1) is 5.82 Å². The van der Waals surface area contributed by atoms with Crippen molar-refractivity contribution in [1.29, 1.82) is 0 Å². The fourth-order valence-electron chi connectivity index (χ4n) is 4.03. The van der Waals surface area contributed by atoms with Gasteiger partial charge in [-0.3, -0.25) is 9.59 Å². The molecule has 10 heteroatoms. The summed E-state index contributed by atoms with van der Waals surface area (Å²) < 4.78 is 40.9. The normalized spacial score (nSPS) is 14.0. The van der Waals surface area contributed by atoms with Crippen LogP contribution < -0.4 is 10.0 Å². The maximum atomic E-state index is 13.4. The van der Waals surface area contributed by atoms with Crippen molar-refractivity contribution in [2.45, 2.75) is 62.7 Å². The molecule has 3 aromatic carbocycles. The van der Waals surface area contributed by atoms with Crippen LogP contribution in [0.4, 0.5) is 4.39 Å². The Morgan fingerprint density at radius 2 is 1.54 bits per heavy atom. The molecule has 0 unspecified atom stereocenters. The summed E-state index contributed by atoms with van der Waals surface area (Å²) in [7, 11) is -3.55. The molecule has 3 aromatic rings. The molecule has 7 nitrogen and oxygen atoms in total. The van der Waals surface area contributed by atoms with Crippen LogP contribution in [0.25, 0.3) is 0 Å². The van der Waals surface area contributed by atoms with Crippen molar-refractivity contribution < 1.29 is 22.4 Å². The Morgan fingerprint density at radius 1 is 0.949 bits per heavy atom. The number of rotatable bonds is 12. The molecule has 1 aliphatic rings. The molecule has 1 fully saturated rings. The third-order valence-corrected chi connectivity index (χ3v) is 8.36. The molecule has 0 radical (unpaired) electrons. The lowest BCUT2D eigenvalue weighted by atomic mass is 10.1. The summed E-state index contributed by atoms with van der Waals surface area (Å²) in [5.74, 6) is -0.957. The van der Waals surface area contributed by atoms with E-state index in [0.29, 0.717) is 17.0 Å². The first-order chi connectivity index (χ1) is 18.6. The van der Waals surface area contributed by atoms with Crippen molar-refractivity contribution in [3.05, 3.63) is 100 Å². The van der Waals surface area contributed by atoms with Gasteiger partial charge in [-0.2, -0.15) is 0 Å². The lowest BCUT2D eigenvalue weighted by molar-refractivity contribution is -0.140. The number of nitrogens with zero attached hydrogens (tertiary/aromatic N) is 1. The van der Waals surface area contributed by atoms with Gasteiger partial charge in [-0.25, -0.2) is 17.5 Å². The number of hydrogen-bond donors (Lipinski definition) is 2. The van der Waals surface area contributed by atoms with Crippen molar-refractivity contribution in [3.63, 3.8) is 0 Å². The highest BCUT2D eigenvalue weighted by atomic mass is 35.5. The monoisotopic (exact) mass is 571 g/mol. The zero-order valence-corrected chi connectivity index (χ0v) is 23.1. The SMILES string of the molecule is C[C@H](C(=O)NCc1ccc(Cl)cc1)N(Cc1ccc(F)cc1)C(=O)CCc1ccc(S(=O)(=O)NC2CC2)cc1. The van der Waals surface area contributed by atoms with E-state index in [9.17, 15) is 22.4 Å². The van der Waals surface area contributed by atoms with Gasteiger partial charge in [0, 0.05) is 30.6 Å². The standard InChI is InChI=1S/C29H31ClFN3O4S/c1-20(29(36)32-18-22-2-9-24(30)10-3-22)34(19-23-4-11-25(31)12-5-23)28(35)17-8-21-6-15-27(16-7-21)39(37,38)33-26-13-14-26/h2-7,9-12,15-16,20,26,33H,8,13-14,17-19H2,1H3,(H,32,36)/t20-/m1/s1. The van der Waals surface area contributed by atoms with Gasteiger partial charge in [0.1, 0.15) is 11.9 Å². The molecule has 1 atom stereocenters. The van der Waals surface area contributed by atoms with E-state index in [0.717, 1.165) is 24.0 Å². The van der Waals surface area contributed by atoms with Crippen LogP contribution in [0.1, 0.15) is 42.9 Å². The van der Waals surface area contributed by atoms with Gasteiger partial charge in [-0.1, -0.05) is 48.0 Å². The number of halogens is 2. The number of amides is 2. The minimum atomic E-state index is -3.55. The molecule has 2 amide bonds. The lowest BCUT2D eigenvalue weighted by Gasteiger charge is -2.29. The summed E-state index contributed by atoms with van der Waals surface area (Å²) in [5.41, 5.74) is 2.37. The average molecular weight is 572 g/mol. The molecule has 0 aliphatic heterocycles. The van der Waals surface area contributed by atoms with Crippen LogP contribution in [-0.4, -0.2) is 37.2 Å². The number of benzene rings is 3. The van der Waals surface area contributed by atoms with Gasteiger partial charge in [0.2, 0.25) is 21.8 Å². The molecule has 206 valence electrons. The number of nitrogens with one attached hydrogen (secondary N) is 2. The predicted octanol–water partition coefficient (Wildman–Crippen LogP) is 4.59. The second-order valence-corrected chi connectivity index (χ2v) is 11.9. The highest BCUT2D eigenvalue weighted by Gasteiger charge is 2.28. The largest absolute Gasteiger partial charge is 0.350 e. The van der Waals surface area contributed by atoms with Gasteiger partial charge in [-0.05, 0) is 79.3 Å². The van der Waals surface area contributed by atoms with E-state index in [1.807, 2.05) is 12.1 Å². The van der Waals surface area contributed by atoms with Gasteiger partial charge in [0.05, 0.1) is 4.90 Å². The van der Waals surface area contributed by atoms with Crippen LogP contribution in [0.15, 0.2) is 77.7 Å². The summed E-state index contributed by atoms with van der Waals surface area (Å²) in [6.07, 6.45) is 2.19. The number of hydrogen-bond acceptors (Lipinski definition) is 4. The van der Waals surface area contributed by atoms with Crippen LogP contribution in [0.5, 0.6) is 0 Å². The topological polar surface area (TPSA) is 95.6 Å². The number of carbonyl (C=O) groups excluding carboxylic acids is 2. The van der Waals surface area contributed by atoms with Crippen LogP contribution in [0.3, 0.4) is 0 Å². The fraction of sp³-hybridized carbons (Fsp3) is 0.310. The first-order valence-corrected chi connectivity index (χ1v) is 14.6. The van der Waals surface area contributed by atoms with Gasteiger partial charge >= 0.3 is 0 Å². The summed E-state index contributed by atoms with van der Waals surface area (Å²) in [6.45, 7) is 2.08. The molecule has 4 rings (SSSR count). The van der Waals surface area contributed by atoms with Crippen LogP contribution >= 0.6 is 11.6 Å². The molecular formula is C29H31ClFN3O4S. The second kappa shape index (κ2) is 12.7. The molecular weight excluding hydrogens is 541 g/mol. The number of sulfonamides is 1. The third-order valence-electron chi connectivity index (χ3n) is 6.57. The van der Waals surface area contributed by atoms with Crippen molar-refractivity contribution >= 4 is 33.4 Å². The maximum Gasteiger partial charge on any atom is 0.242 e.